The highest BCUT2D eigenvalue weighted by Gasteiger charge is 2.39. The standard InChI is InChI=1S/C30H35N3O4S/c34-29(24-8-10-27(11-9-24)33(36)37)32-20-26(28(21-32)25-12-18-38-22-25)19-31-16-14-30(35,15-17-31)13-4-7-23-5-2-1-3-6-23/h1-3,5-6,8-12,18,22,26,28,35H,4,7,13-17,19-21H2. The van der Waals surface area contributed by atoms with Crippen LogP contribution in [0.25, 0.3) is 0 Å². The number of nitrogens with zero attached hydrogens (tertiary/aromatic N) is 3. The average molecular weight is 534 g/mol. The minimum atomic E-state index is -0.592. The van der Waals surface area contributed by atoms with E-state index in [1.807, 2.05) is 11.0 Å². The van der Waals surface area contributed by atoms with Gasteiger partial charge in [-0.1, -0.05) is 30.3 Å². The van der Waals surface area contributed by atoms with Crippen LogP contribution >= 0.6 is 11.3 Å². The van der Waals surface area contributed by atoms with Crippen molar-refractivity contribution in [2.45, 2.75) is 43.6 Å². The van der Waals surface area contributed by atoms with Gasteiger partial charge in [0.25, 0.3) is 11.6 Å². The number of benzene rings is 2. The summed E-state index contributed by atoms with van der Waals surface area (Å²) in [5.41, 5.74) is 2.47. The third-order valence-electron chi connectivity index (χ3n) is 8.25. The summed E-state index contributed by atoms with van der Waals surface area (Å²) in [5, 5.41) is 26.5. The van der Waals surface area contributed by atoms with E-state index < -0.39 is 10.5 Å². The van der Waals surface area contributed by atoms with Gasteiger partial charge in [0.1, 0.15) is 0 Å². The second-order valence-corrected chi connectivity index (χ2v) is 11.6. The Morgan fingerprint density at radius 3 is 2.45 bits per heavy atom. The maximum absolute atomic E-state index is 13.3. The number of non-ortho nitro benzene ring substituents is 1. The highest BCUT2D eigenvalue weighted by Crippen LogP contribution is 2.36. The van der Waals surface area contributed by atoms with E-state index in [2.05, 4.69) is 46.0 Å². The number of aliphatic hydroxyl groups is 1. The van der Waals surface area contributed by atoms with E-state index in [0.717, 1.165) is 51.7 Å². The molecule has 0 saturated carbocycles. The fourth-order valence-corrected chi connectivity index (χ4v) is 6.72. The van der Waals surface area contributed by atoms with Crippen LogP contribution in [0.4, 0.5) is 5.69 Å². The van der Waals surface area contributed by atoms with Gasteiger partial charge in [-0.15, -0.1) is 0 Å². The van der Waals surface area contributed by atoms with E-state index in [1.54, 1.807) is 23.5 Å². The zero-order chi connectivity index (χ0) is 26.5. The van der Waals surface area contributed by atoms with Crippen LogP contribution in [-0.2, 0) is 6.42 Å². The van der Waals surface area contributed by atoms with Gasteiger partial charge in [-0.05, 0) is 78.1 Å². The van der Waals surface area contributed by atoms with Crippen molar-refractivity contribution in [2.24, 2.45) is 5.92 Å². The van der Waals surface area contributed by atoms with E-state index in [-0.39, 0.29) is 17.5 Å². The Morgan fingerprint density at radius 1 is 1.05 bits per heavy atom. The molecule has 0 radical (unpaired) electrons. The van der Waals surface area contributed by atoms with E-state index >= 15 is 0 Å². The summed E-state index contributed by atoms with van der Waals surface area (Å²) in [6.07, 6.45) is 4.37. The Hall–Kier alpha value is -3.07. The summed E-state index contributed by atoms with van der Waals surface area (Å²) in [5.74, 6) is 0.486. The molecule has 3 heterocycles. The minimum absolute atomic E-state index is 0.0119. The van der Waals surface area contributed by atoms with Crippen LogP contribution in [0, 0.1) is 16.0 Å². The van der Waals surface area contributed by atoms with Crippen molar-refractivity contribution in [3.05, 3.63) is 98.2 Å². The first-order chi connectivity index (χ1) is 18.4. The Balaban J connectivity index is 1.18. The normalized spacial score (nSPS) is 21.4. The maximum Gasteiger partial charge on any atom is 0.269 e. The topological polar surface area (TPSA) is 86.9 Å². The number of nitro benzene ring substituents is 1. The molecule has 2 aromatic carbocycles. The average Bonchev–Trinajstić information content (AvgIpc) is 3.61. The lowest BCUT2D eigenvalue weighted by atomic mass is 9.84. The zero-order valence-electron chi connectivity index (χ0n) is 21.6. The van der Waals surface area contributed by atoms with Crippen molar-refractivity contribution in [1.29, 1.82) is 0 Å². The van der Waals surface area contributed by atoms with Crippen LogP contribution in [-0.4, -0.2) is 64.1 Å². The summed E-state index contributed by atoms with van der Waals surface area (Å²) in [6, 6.07) is 18.5. The Morgan fingerprint density at radius 2 is 1.79 bits per heavy atom. The number of carbonyl (C=O) groups excluding carboxylic acids is 1. The lowest BCUT2D eigenvalue weighted by molar-refractivity contribution is -0.384. The molecule has 200 valence electrons. The van der Waals surface area contributed by atoms with Gasteiger partial charge < -0.3 is 14.9 Å². The Bertz CT molecular complexity index is 1210. The molecule has 2 aliphatic heterocycles. The zero-order valence-corrected chi connectivity index (χ0v) is 22.4. The summed E-state index contributed by atoms with van der Waals surface area (Å²) < 4.78 is 0. The Labute approximate surface area is 227 Å². The highest BCUT2D eigenvalue weighted by molar-refractivity contribution is 7.08. The fraction of sp³-hybridized carbons (Fsp3) is 0.433. The smallest absolute Gasteiger partial charge is 0.269 e. The summed E-state index contributed by atoms with van der Waals surface area (Å²) in [6.45, 7) is 3.93. The molecule has 8 heteroatoms. The van der Waals surface area contributed by atoms with E-state index in [0.29, 0.717) is 24.6 Å². The predicted molar refractivity (Wildman–Crippen MR) is 150 cm³/mol. The lowest BCUT2D eigenvalue weighted by Crippen LogP contribution is -2.46. The minimum Gasteiger partial charge on any atom is -0.390 e. The Kier molecular flexibility index (Phi) is 8.21. The highest BCUT2D eigenvalue weighted by atomic mass is 32.1. The number of carbonyl (C=O) groups is 1. The number of piperidine rings is 1. The predicted octanol–water partition coefficient (Wildman–Crippen LogP) is 5.36. The molecule has 1 N–H and O–H groups in total. The molecule has 2 unspecified atom stereocenters. The number of hydrogen-bond acceptors (Lipinski definition) is 6. The SMILES string of the molecule is O=C(c1ccc([N+](=O)[O-])cc1)N1CC(CN2CCC(O)(CCCc3ccccc3)CC2)C(c2ccsc2)C1. The van der Waals surface area contributed by atoms with Gasteiger partial charge in [-0.3, -0.25) is 14.9 Å². The molecular formula is C30H35N3O4S. The van der Waals surface area contributed by atoms with Crippen molar-refractivity contribution in [3.8, 4) is 0 Å². The summed E-state index contributed by atoms with van der Waals surface area (Å²) in [7, 11) is 0. The molecule has 1 amide bonds. The molecule has 7 nitrogen and oxygen atoms in total. The number of likely N-dealkylation sites (tertiary alicyclic amines) is 2. The number of hydrogen-bond donors (Lipinski definition) is 1. The van der Waals surface area contributed by atoms with Crippen LogP contribution in [0.1, 0.15) is 53.1 Å². The van der Waals surface area contributed by atoms with E-state index in [9.17, 15) is 20.0 Å². The molecule has 3 aromatic rings. The largest absolute Gasteiger partial charge is 0.390 e. The molecule has 0 spiro atoms. The third kappa shape index (κ3) is 6.31. The van der Waals surface area contributed by atoms with Gasteiger partial charge in [0.15, 0.2) is 0 Å². The van der Waals surface area contributed by atoms with Crippen molar-refractivity contribution >= 4 is 22.9 Å². The molecule has 2 atom stereocenters. The molecular weight excluding hydrogens is 498 g/mol. The second-order valence-electron chi connectivity index (χ2n) is 10.8. The monoisotopic (exact) mass is 533 g/mol. The van der Waals surface area contributed by atoms with E-state index in [4.69, 9.17) is 0 Å². The number of nitro groups is 1. The van der Waals surface area contributed by atoms with Crippen LogP contribution in [0.5, 0.6) is 0 Å². The van der Waals surface area contributed by atoms with Gasteiger partial charge in [0.2, 0.25) is 0 Å². The molecule has 1 aromatic heterocycles. The first kappa shape index (κ1) is 26.5. The van der Waals surface area contributed by atoms with Crippen LogP contribution in [0.15, 0.2) is 71.4 Å². The lowest BCUT2D eigenvalue weighted by Gasteiger charge is -2.39. The molecule has 0 aliphatic carbocycles. The summed E-state index contributed by atoms with van der Waals surface area (Å²) in [4.78, 5) is 28.2. The second kappa shape index (κ2) is 11.8. The van der Waals surface area contributed by atoms with Gasteiger partial charge in [0.05, 0.1) is 10.5 Å². The number of aryl methyl sites for hydroxylation is 1. The van der Waals surface area contributed by atoms with Crippen LogP contribution in [0.3, 0.4) is 0 Å². The fourth-order valence-electron chi connectivity index (χ4n) is 5.99. The van der Waals surface area contributed by atoms with Crippen molar-refractivity contribution in [3.63, 3.8) is 0 Å². The van der Waals surface area contributed by atoms with Gasteiger partial charge in [-0.2, -0.15) is 11.3 Å². The van der Waals surface area contributed by atoms with Gasteiger partial charge >= 0.3 is 0 Å². The van der Waals surface area contributed by atoms with Crippen LogP contribution in [0.2, 0.25) is 0 Å². The van der Waals surface area contributed by atoms with Crippen molar-refractivity contribution in [1.82, 2.24) is 9.80 Å². The molecule has 2 aliphatic rings. The quantitative estimate of drug-likeness (QED) is 0.296. The third-order valence-corrected chi connectivity index (χ3v) is 8.96. The molecule has 5 rings (SSSR count). The first-order valence-electron chi connectivity index (χ1n) is 13.4. The number of amides is 1. The number of thiophene rings is 1. The van der Waals surface area contributed by atoms with E-state index in [1.165, 1.54) is 23.3 Å². The molecule has 2 saturated heterocycles. The number of rotatable bonds is 9. The molecule has 38 heavy (non-hydrogen) atoms. The van der Waals surface area contributed by atoms with Gasteiger partial charge in [-0.25, -0.2) is 0 Å². The molecule has 0 bridgehead atoms. The van der Waals surface area contributed by atoms with Crippen molar-refractivity contribution in [2.75, 3.05) is 32.7 Å². The van der Waals surface area contributed by atoms with Crippen molar-refractivity contribution < 1.29 is 14.8 Å². The first-order valence-corrected chi connectivity index (χ1v) is 14.4. The maximum atomic E-state index is 13.3. The molecule has 2 fully saturated rings. The van der Waals surface area contributed by atoms with Gasteiger partial charge in [0, 0.05) is 56.3 Å². The van der Waals surface area contributed by atoms with Crippen LogP contribution < -0.4 is 0 Å². The summed E-state index contributed by atoms with van der Waals surface area (Å²) >= 11 is 1.68.